The van der Waals surface area contributed by atoms with Gasteiger partial charge in [-0.15, -0.1) is 0 Å². The van der Waals surface area contributed by atoms with Crippen LogP contribution in [0, 0.1) is 0 Å². The van der Waals surface area contributed by atoms with Crippen molar-refractivity contribution in [2.24, 2.45) is 0 Å². The summed E-state index contributed by atoms with van der Waals surface area (Å²) < 4.78 is 5.17. The van der Waals surface area contributed by atoms with Crippen molar-refractivity contribution < 1.29 is 14.3 Å². The molecule has 1 atom stereocenters. The molecule has 1 aliphatic rings. The Hall–Kier alpha value is -2.82. The maximum absolute atomic E-state index is 12.2. The largest absolute Gasteiger partial charge is 0.452 e. The van der Waals surface area contributed by atoms with E-state index in [0.29, 0.717) is 11.3 Å². The van der Waals surface area contributed by atoms with Crippen LogP contribution in [0.5, 0.6) is 0 Å². The molecule has 0 heterocycles. The SMILES string of the molecule is CNc1ccccc1C(=O)OCC(=O)NC1CCCc2ccccc21. The lowest BCUT2D eigenvalue weighted by Gasteiger charge is -2.26. The van der Waals surface area contributed by atoms with E-state index in [1.807, 2.05) is 18.2 Å². The molecule has 5 heteroatoms. The minimum Gasteiger partial charge on any atom is -0.452 e. The van der Waals surface area contributed by atoms with Crippen LogP contribution >= 0.6 is 0 Å². The summed E-state index contributed by atoms with van der Waals surface area (Å²) in [5.74, 6) is -0.791. The zero-order chi connectivity index (χ0) is 17.6. The lowest BCUT2D eigenvalue weighted by molar-refractivity contribution is -0.125. The lowest BCUT2D eigenvalue weighted by atomic mass is 9.88. The van der Waals surface area contributed by atoms with Crippen LogP contribution < -0.4 is 10.6 Å². The van der Waals surface area contributed by atoms with Gasteiger partial charge in [0.2, 0.25) is 0 Å². The molecule has 25 heavy (non-hydrogen) atoms. The van der Waals surface area contributed by atoms with E-state index in [4.69, 9.17) is 4.74 Å². The van der Waals surface area contributed by atoms with Gasteiger partial charge in [0.25, 0.3) is 5.91 Å². The highest BCUT2D eigenvalue weighted by Gasteiger charge is 2.22. The summed E-state index contributed by atoms with van der Waals surface area (Å²) in [7, 11) is 1.74. The van der Waals surface area contributed by atoms with E-state index in [1.165, 1.54) is 5.56 Å². The van der Waals surface area contributed by atoms with Gasteiger partial charge in [0.05, 0.1) is 11.6 Å². The average Bonchev–Trinajstić information content (AvgIpc) is 2.66. The molecule has 130 valence electrons. The molecule has 0 aromatic heterocycles. The van der Waals surface area contributed by atoms with Crippen LogP contribution in [-0.2, 0) is 16.0 Å². The number of aryl methyl sites for hydroxylation is 1. The number of para-hydroxylation sites is 1. The van der Waals surface area contributed by atoms with Crippen LogP contribution in [0.25, 0.3) is 0 Å². The van der Waals surface area contributed by atoms with Crippen molar-refractivity contribution in [2.45, 2.75) is 25.3 Å². The molecule has 1 unspecified atom stereocenters. The van der Waals surface area contributed by atoms with Gasteiger partial charge in [-0.05, 0) is 42.5 Å². The first-order chi connectivity index (χ1) is 12.2. The van der Waals surface area contributed by atoms with E-state index in [-0.39, 0.29) is 18.6 Å². The number of ether oxygens (including phenoxy) is 1. The maximum Gasteiger partial charge on any atom is 0.340 e. The highest BCUT2D eigenvalue weighted by Crippen LogP contribution is 2.29. The number of benzene rings is 2. The Morgan fingerprint density at radius 1 is 1.12 bits per heavy atom. The second-order valence-corrected chi connectivity index (χ2v) is 6.08. The van der Waals surface area contributed by atoms with E-state index < -0.39 is 5.97 Å². The molecule has 0 radical (unpaired) electrons. The number of hydrogen-bond acceptors (Lipinski definition) is 4. The molecule has 0 saturated heterocycles. The average molecular weight is 338 g/mol. The molecule has 1 aliphatic carbocycles. The van der Waals surface area contributed by atoms with Crippen molar-refractivity contribution >= 4 is 17.6 Å². The van der Waals surface area contributed by atoms with E-state index >= 15 is 0 Å². The van der Waals surface area contributed by atoms with E-state index in [1.54, 1.807) is 25.2 Å². The van der Waals surface area contributed by atoms with Gasteiger partial charge in [-0.1, -0.05) is 36.4 Å². The number of amides is 1. The summed E-state index contributed by atoms with van der Waals surface area (Å²) in [6.07, 6.45) is 2.98. The van der Waals surface area contributed by atoms with Crippen LogP contribution in [-0.4, -0.2) is 25.5 Å². The summed E-state index contributed by atoms with van der Waals surface area (Å²) in [4.78, 5) is 24.4. The highest BCUT2D eigenvalue weighted by atomic mass is 16.5. The molecule has 3 rings (SSSR count). The zero-order valence-electron chi connectivity index (χ0n) is 14.2. The third-order valence-electron chi connectivity index (χ3n) is 4.46. The van der Waals surface area contributed by atoms with Crippen LogP contribution in [0.1, 0.15) is 40.4 Å². The Morgan fingerprint density at radius 3 is 2.72 bits per heavy atom. The third kappa shape index (κ3) is 3.99. The zero-order valence-corrected chi connectivity index (χ0v) is 14.2. The van der Waals surface area contributed by atoms with Crippen molar-refractivity contribution in [3.05, 3.63) is 65.2 Å². The molecule has 0 bridgehead atoms. The highest BCUT2D eigenvalue weighted by molar-refractivity contribution is 5.96. The van der Waals surface area contributed by atoms with Gasteiger partial charge >= 0.3 is 5.97 Å². The molecule has 0 fully saturated rings. The lowest BCUT2D eigenvalue weighted by Crippen LogP contribution is -2.34. The predicted octanol–water partition coefficient (Wildman–Crippen LogP) is 3.08. The van der Waals surface area contributed by atoms with Gasteiger partial charge in [0, 0.05) is 12.7 Å². The molecule has 0 saturated carbocycles. The number of carbonyl (C=O) groups is 2. The summed E-state index contributed by atoms with van der Waals surface area (Å²) in [6, 6.07) is 15.2. The minimum absolute atomic E-state index is 0.0132. The summed E-state index contributed by atoms with van der Waals surface area (Å²) in [5, 5.41) is 5.92. The second-order valence-electron chi connectivity index (χ2n) is 6.08. The molecule has 2 aromatic carbocycles. The van der Waals surface area contributed by atoms with Gasteiger partial charge in [-0.3, -0.25) is 4.79 Å². The quantitative estimate of drug-likeness (QED) is 0.822. The van der Waals surface area contributed by atoms with Crippen molar-refractivity contribution in [1.82, 2.24) is 5.32 Å². The topological polar surface area (TPSA) is 67.4 Å². The number of carbonyl (C=O) groups excluding carboxylic acids is 2. The fourth-order valence-corrected chi connectivity index (χ4v) is 3.23. The Balaban J connectivity index is 1.58. The molecule has 1 amide bonds. The van der Waals surface area contributed by atoms with Crippen molar-refractivity contribution in [1.29, 1.82) is 0 Å². The molecule has 0 spiro atoms. The van der Waals surface area contributed by atoms with Crippen LogP contribution in [0.4, 0.5) is 5.69 Å². The Labute approximate surface area is 147 Å². The van der Waals surface area contributed by atoms with Gasteiger partial charge in [-0.25, -0.2) is 4.79 Å². The molecule has 2 aromatic rings. The summed E-state index contributed by atoms with van der Waals surface area (Å²) >= 11 is 0. The molecular formula is C20H22N2O3. The number of fused-ring (bicyclic) bond motifs is 1. The van der Waals surface area contributed by atoms with E-state index in [0.717, 1.165) is 24.8 Å². The monoisotopic (exact) mass is 338 g/mol. The number of anilines is 1. The number of rotatable bonds is 5. The smallest absolute Gasteiger partial charge is 0.340 e. The van der Waals surface area contributed by atoms with Crippen LogP contribution in [0.2, 0.25) is 0 Å². The van der Waals surface area contributed by atoms with Crippen molar-refractivity contribution in [2.75, 3.05) is 19.0 Å². The summed E-state index contributed by atoms with van der Waals surface area (Å²) in [5.41, 5.74) is 3.53. The van der Waals surface area contributed by atoms with Gasteiger partial charge in [-0.2, -0.15) is 0 Å². The fraction of sp³-hybridized carbons (Fsp3) is 0.300. The predicted molar refractivity (Wildman–Crippen MR) is 96.5 cm³/mol. The molecule has 5 nitrogen and oxygen atoms in total. The fourth-order valence-electron chi connectivity index (χ4n) is 3.23. The second kappa shape index (κ2) is 7.83. The molecular weight excluding hydrogens is 316 g/mol. The number of esters is 1. The van der Waals surface area contributed by atoms with Crippen molar-refractivity contribution in [3.8, 4) is 0 Å². The number of nitrogens with one attached hydrogen (secondary N) is 2. The van der Waals surface area contributed by atoms with Crippen molar-refractivity contribution in [3.63, 3.8) is 0 Å². The van der Waals surface area contributed by atoms with Crippen LogP contribution in [0.15, 0.2) is 48.5 Å². The van der Waals surface area contributed by atoms with E-state index in [2.05, 4.69) is 22.8 Å². The Bertz CT molecular complexity index is 773. The number of hydrogen-bond donors (Lipinski definition) is 2. The normalized spacial score (nSPS) is 15.8. The minimum atomic E-state index is -0.510. The molecule has 0 aliphatic heterocycles. The van der Waals surface area contributed by atoms with E-state index in [9.17, 15) is 9.59 Å². The Kier molecular flexibility index (Phi) is 5.33. The first kappa shape index (κ1) is 17.0. The third-order valence-corrected chi connectivity index (χ3v) is 4.46. The summed E-state index contributed by atoms with van der Waals surface area (Å²) in [6.45, 7) is -0.282. The van der Waals surface area contributed by atoms with Gasteiger partial charge in [0.1, 0.15) is 0 Å². The first-order valence-corrected chi connectivity index (χ1v) is 8.50. The molecule has 2 N–H and O–H groups in total. The standard InChI is InChI=1S/C20H22N2O3/c1-21-17-11-5-4-10-16(17)20(24)25-13-19(23)22-18-12-6-8-14-7-2-3-9-15(14)18/h2-5,7,9-11,18,21H,6,8,12-13H2,1H3,(H,22,23). The van der Waals surface area contributed by atoms with Crippen LogP contribution in [0.3, 0.4) is 0 Å². The van der Waals surface area contributed by atoms with Gasteiger partial charge in [0.15, 0.2) is 6.61 Å². The maximum atomic E-state index is 12.2. The first-order valence-electron chi connectivity index (χ1n) is 8.50. The Morgan fingerprint density at radius 2 is 1.88 bits per heavy atom. The van der Waals surface area contributed by atoms with Gasteiger partial charge < -0.3 is 15.4 Å².